The molecule has 0 aliphatic rings. The molecule has 0 radical (unpaired) electrons. The Kier molecular flexibility index (Phi) is 3.58. The number of aromatic nitrogens is 4. The number of nitrogens with zero attached hydrogens (tertiary/aromatic N) is 4. The van der Waals surface area contributed by atoms with Gasteiger partial charge in [0, 0.05) is 19.0 Å². The molecule has 3 aromatic rings. The summed E-state index contributed by atoms with van der Waals surface area (Å²) in [4.78, 5) is 8.80. The van der Waals surface area contributed by atoms with Crippen molar-refractivity contribution in [1.82, 2.24) is 19.7 Å². The first-order chi connectivity index (χ1) is 9.63. The number of thiazole rings is 2. The number of aryl methyl sites for hydroxylation is 3. The number of nitrogens with two attached hydrogens (primary N) is 1. The van der Waals surface area contributed by atoms with Crippen LogP contribution in [0.2, 0.25) is 0 Å². The fraction of sp³-hybridized carbons (Fsp3) is 0.417. The fourth-order valence-electron chi connectivity index (χ4n) is 2.06. The summed E-state index contributed by atoms with van der Waals surface area (Å²) in [5, 5.41) is 11.3. The van der Waals surface area contributed by atoms with Gasteiger partial charge in [-0.25, -0.2) is 14.6 Å². The predicted octanol–water partition coefficient (Wildman–Crippen LogP) is 2.42. The van der Waals surface area contributed by atoms with Crippen LogP contribution in [-0.4, -0.2) is 26.3 Å². The van der Waals surface area contributed by atoms with E-state index in [0.29, 0.717) is 5.13 Å². The lowest BCUT2D eigenvalue weighted by Crippen LogP contribution is -2.03. The quantitative estimate of drug-likeness (QED) is 0.707. The van der Waals surface area contributed by atoms with Gasteiger partial charge in [-0.1, -0.05) is 11.3 Å². The Morgan fingerprint density at radius 2 is 2.25 bits per heavy atom. The van der Waals surface area contributed by atoms with Crippen molar-refractivity contribution in [2.75, 3.05) is 17.6 Å². The zero-order valence-electron chi connectivity index (χ0n) is 11.4. The molecule has 0 saturated heterocycles. The van der Waals surface area contributed by atoms with E-state index in [0.717, 1.165) is 46.3 Å². The molecule has 0 saturated carbocycles. The van der Waals surface area contributed by atoms with Crippen molar-refractivity contribution in [2.45, 2.75) is 19.8 Å². The van der Waals surface area contributed by atoms with Gasteiger partial charge in [-0.05, 0) is 19.8 Å². The molecule has 0 bridgehead atoms. The minimum atomic E-state index is 0.641. The van der Waals surface area contributed by atoms with Crippen LogP contribution in [0, 0.1) is 6.92 Å². The van der Waals surface area contributed by atoms with Gasteiger partial charge in [-0.3, -0.25) is 0 Å². The molecule has 0 amide bonds. The van der Waals surface area contributed by atoms with Crippen molar-refractivity contribution in [3.8, 4) is 0 Å². The highest BCUT2D eigenvalue weighted by Crippen LogP contribution is 2.27. The van der Waals surface area contributed by atoms with Gasteiger partial charge in [0.05, 0.1) is 16.1 Å². The number of anilines is 2. The molecule has 0 fully saturated rings. The van der Waals surface area contributed by atoms with Crippen LogP contribution in [0.4, 0.5) is 10.3 Å². The normalized spacial score (nSPS) is 11.3. The molecule has 0 aliphatic carbocycles. The summed E-state index contributed by atoms with van der Waals surface area (Å²) >= 11 is 3.15. The zero-order chi connectivity index (χ0) is 14.1. The number of fused-ring (bicyclic) bond motifs is 1. The van der Waals surface area contributed by atoms with Crippen LogP contribution in [0.5, 0.6) is 0 Å². The molecule has 8 heteroatoms. The molecule has 3 heterocycles. The van der Waals surface area contributed by atoms with Gasteiger partial charge >= 0.3 is 0 Å². The third kappa shape index (κ3) is 2.61. The molecule has 0 atom stereocenters. The predicted molar refractivity (Wildman–Crippen MR) is 84.5 cm³/mol. The maximum atomic E-state index is 5.61. The second kappa shape index (κ2) is 5.37. The maximum absolute atomic E-state index is 5.61. The van der Waals surface area contributed by atoms with Crippen molar-refractivity contribution in [2.24, 2.45) is 7.05 Å². The minimum Gasteiger partial charge on any atom is -0.375 e. The van der Waals surface area contributed by atoms with Crippen molar-refractivity contribution in [3.05, 3.63) is 16.8 Å². The summed E-state index contributed by atoms with van der Waals surface area (Å²) in [6, 6.07) is 0. The van der Waals surface area contributed by atoms with E-state index >= 15 is 0 Å². The number of hydrogen-bond acceptors (Lipinski definition) is 7. The molecule has 3 rings (SSSR count). The Morgan fingerprint density at radius 3 is 2.95 bits per heavy atom. The van der Waals surface area contributed by atoms with Crippen LogP contribution < -0.4 is 11.1 Å². The van der Waals surface area contributed by atoms with E-state index in [1.54, 1.807) is 11.3 Å². The van der Waals surface area contributed by atoms with Crippen LogP contribution in [0.25, 0.3) is 10.3 Å². The topological polar surface area (TPSA) is 81.7 Å². The highest BCUT2D eigenvalue weighted by Gasteiger charge is 2.11. The molecule has 106 valence electrons. The lowest BCUT2D eigenvalue weighted by atomic mass is 10.2. The molecular formula is C12H16N6S2. The van der Waals surface area contributed by atoms with E-state index in [9.17, 15) is 0 Å². The Labute approximate surface area is 124 Å². The average Bonchev–Trinajstić information content (AvgIpc) is 3.06. The summed E-state index contributed by atoms with van der Waals surface area (Å²) in [6.07, 6.45) is 1.95. The first kappa shape index (κ1) is 13.3. The highest BCUT2D eigenvalue weighted by atomic mass is 32.1. The Morgan fingerprint density at radius 1 is 1.40 bits per heavy atom. The minimum absolute atomic E-state index is 0.641. The molecule has 3 aromatic heterocycles. The van der Waals surface area contributed by atoms with Gasteiger partial charge in [0.2, 0.25) is 0 Å². The largest absolute Gasteiger partial charge is 0.375 e. The average molecular weight is 308 g/mol. The molecule has 3 N–H and O–H groups in total. The van der Waals surface area contributed by atoms with Crippen LogP contribution in [0.15, 0.2) is 5.38 Å². The lowest BCUT2D eigenvalue weighted by Gasteiger charge is -2.00. The third-order valence-corrected chi connectivity index (χ3v) is 4.83. The summed E-state index contributed by atoms with van der Waals surface area (Å²) < 4.78 is 2.98. The summed E-state index contributed by atoms with van der Waals surface area (Å²) in [5.41, 5.74) is 8.66. The van der Waals surface area contributed by atoms with Gasteiger partial charge in [0.25, 0.3) is 0 Å². The van der Waals surface area contributed by atoms with E-state index < -0.39 is 0 Å². The monoisotopic (exact) mass is 308 g/mol. The summed E-state index contributed by atoms with van der Waals surface area (Å²) in [5.74, 6) is 0. The number of nitrogens with one attached hydrogen (secondary N) is 1. The highest BCUT2D eigenvalue weighted by molar-refractivity contribution is 7.22. The van der Waals surface area contributed by atoms with Crippen molar-refractivity contribution < 1.29 is 0 Å². The molecule has 0 aromatic carbocycles. The first-order valence-electron chi connectivity index (χ1n) is 6.37. The van der Waals surface area contributed by atoms with E-state index in [1.807, 2.05) is 24.0 Å². The fourth-order valence-corrected chi connectivity index (χ4v) is 3.62. The maximum Gasteiger partial charge on any atom is 0.185 e. The van der Waals surface area contributed by atoms with Gasteiger partial charge in [-0.2, -0.15) is 5.10 Å². The second-order valence-corrected chi connectivity index (χ2v) is 6.48. The van der Waals surface area contributed by atoms with E-state index in [4.69, 9.17) is 5.73 Å². The van der Waals surface area contributed by atoms with Crippen LogP contribution >= 0.6 is 22.7 Å². The number of hydrogen-bond donors (Lipinski definition) is 2. The first-order valence-corrected chi connectivity index (χ1v) is 8.07. The van der Waals surface area contributed by atoms with Gasteiger partial charge < -0.3 is 11.1 Å². The molecule has 20 heavy (non-hydrogen) atoms. The van der Waals surface area contributed by atoms with E-state index in [-0.39, 0.29) is 0 Å². The molecule has 0 unspecified atom stereocenters. The Balaban J connectivity index is 1.56. The molecule has 6 nitrogen and oxygen atoms in total. The summed E-state index contributed by atoms with van der Waals surface area (Å²) in [7, 11) is 1.92. The smallest absolute Gasteiger partial charge is 0.185 e. The SMILES string of the molecule is Cc1nn(C)c2nc(NCCCc3csc(N)n3)sc12. The van der Waals surface area contributed by atoms with Crippen molar-refractivity contribution >= 4 is 43.3 Å². The van der Waals surface area contributed by atoms with Crippen LogP contribution in [0.1, 0.15) is 17.8 Å². The van der Waals surface area contributed by atoms with Gasteiger partial charge in [-0.15, -0.1) is 11.3 Å². The molecule has 0 aliphatic heterocycles. The standard InChI is InChI=1S/C12H16N6S2/c1-7-9-10(18(2)17-7)16-12(20-9)14-5-3-4-8-6-19-11(13)15-8/h6H,3-5H2,1-2H3,(H2,13,15)(H,14,16). The third-order valence-electron chi connectivity index (χ3n) is 3.00. The van der Waals surface area contributed by atoms with Crippen LogP contribution in [-0.2, 0) is 13.5 Å². The van der Waals surface area contributed by atoms with Gasteiger partial charge in [0.1, 0.15) is 0 Å². The Bertz CT molecular complexity index is 691. The zero-order valence-corrected chi connectivity index (χ0v) is 13.0. The van der Waals surface area contributed by atoms with Gasteiger partial charge in [0.15, 0.2) is 15.9 Å². The van der Waals surface area contributed by atoms with Crippen molar-refractivity contribution in [1.29, 1.82) is 0 Å². The molecular weight excluding hydrogens is 292 g/mol. The Hall–Kier alpha value is -1.67. The summed E-state index contributed by atoms with van der Waals surface area (Å²) in [6.45, 7) is 2.89. The van der Waals surface area contributed by atoms with Crippen LogP contribution in [0.3, 0.4) is 0 Å². The van der Waals surface area contributed by atoms with Crippen molar-refractivity contribution in [3.63, 3.8) is 0 Å². The second-order valence-electron chi connectivity index (χ2n) is 4.59. The molecule has 0 spiro atoms. The van der Waals surface area contributed by atoms with E-state index in [2.05, 4.69) is 20.4 Å². The lowest BCUT2D eigenvalue weighted by molar-refractivity contribution is 0.773. The number of nitrogen functional groups attached to an aromatic ring is 1. The van der Waals surface area contributed by atoms with E-state index in [1.165, 1.54) is 11.3 Å². The number of rotatable bonds is 5.